The Labute approximate surface area is 234 Å². The zero-order valence-electron chi connectivity index (χ0n) is 23.4. The third-order valence-corrected chi connectivity index (χ3v) is 8.15. The van der Waals surface area contributed by atoms with Gasteiger partial charge in [0, 0.05) is 69.0 Å². The molecule has 1 unspecified atom stereocenters. The fraction of sp³-hybridized carbons (Fsp3) is 0.394. The van der Waals surface area contributed by atoms with E-state index in [2.05, 4.69) is 40.7 Å². The molecule has 1 aliphatic rings. The van der Waals surface area contributed by atoms with Crippen LogP contribution in [0.2, 0.25) is 0 Å². The topological polar surface area (TPSA) is 67.3 Å². The highest BCUT2D eigenvalue weighted by Gasteiger charge is 2.29. The minimum absolute atomic E-state index is 0.112. The fourth-order valence-electron chi connectivity index (χ4n) is 6.16. The Kier molecular flexibility index (Phi) is 8.80. The first-order valence-electron chi connectivity index (χ1n) is 14.3. The molecule has 0 radical (unpaired) electrons. The van der Waals surface area contributed by atoms with E-state index in [4.69, 9.17) is 4.74 Å². The lowest BCUT2D eigenvalue weighted by atomic mass is 9.91. The number of halogens is 1. The summed E-state index contributed by atoms with van der Waals surface area (Å²) in [4.78, 5) is 29.3. The fourth-order valence-corrected chi connectivity index (χ4v) is 6.16. The first kappa shape index (κ1) is 27.8. The van der Waals surface area contributed by atoms with Crippen LogP contribution in [0.25, 0.3) is 22.0 Å². The van der Waals surface area contributed by atoms with E-state index in [9.17, 15) is 14.0 Å². The number of fused-ring (bicyclic) bond motifs is 1. The van der Waals surface area contributed by atoms with Gasteiger partial charge in [-0.3, -0.25) is 9.59 Å². The highest BCUT2D eigenvalue weighted by molar-refractivity contribution is 5.86. The number of H-pyrrole nitrogens is 1. The van der Waals surface area contributed by atoms with Gasteiger partial charge in [-0.2, -0.15) is 0 Å². The quantitative estimate of drug-likeness (QED) is 0.242. The molecule has 2 aromatic heterocycles. The number of piperidine rings is 1. The summed E-state index contributed by atoms with van der Waals surface area (Å²) in [7, 11) is 1.69. The number of aryl methyl sites for hydroxylation is 3. The molecule has 2 aromatic carbocycles. The number of carbonyl (C=O) groups is 1. The average molecular weight is 544 g/mol. The van der Waals surface area contributed by atoms with E-state index in [-0.39, 0.29) is 23.2 Å². The van der Waals surface area contributed by atoms with Gasteiger partial charge in [-0.05, 0) is 73.4 Å². The van der Waals surface area contributed by atoms with Crippen LogP contribution in [-0.4, -0.2) is 47.2 Å². The summed E-state index contributed by atoms with van der Waals surface area (Å²) in [5.74, 6) is 0.188. The van der Waals surface area contributed by atoms with Crippen molar-refractivity contribution in [3.05, 3.63) is 93.8 Å². The summed E-state index contributed by atoms with van der Waals surface area (Å²) >= 11 is 0. The van der Waals surface area contributed by atoms with E-state index in [0.717, 1.165) is 66.4 Å². The molecule has 3 heterocycles. The molecule has 7 heteroatoms. The second kappa shape index (κ2) is 12.6. The maximum Gasteiger partial charge on any atom is 0.247 e. The lowest BCUT2D eigenvalue weighted by Crippen LogP contribution is -2.39. The second-order valence-corrected chi connectivity index (χ2v) is 10.8. The van der Waals surface area contributed by atoms with E-state index in [0.29, 0.717) is 31.6 Å². The molecule has 210 valence electrons. The van der Waals surface area contributed by atoms with Crippen LogP contribution in [0.4, 0.5) is 4.39 Å². The van der Waals surface area contributed by atoms with Crippen molar-refractivity contribution in [2.75, 3.05) is 26.8 Å². The Morgan fingerprint density at radius 3 is 2.62 bits per heavy atom. The number of nitrogens with zero attached hydrogens (tertiary/aromatic N) is 2. The van der Waals surface area contributed by atoms with Gasteiger partial charge in [0.15, 0.2) is 0 Å². The predicted octanol–water partition coefficient (Wildman–Crippen LogP) is 6.21. The summed E-state index contributed by atoms with van der Waals surface area (Å²) in [6.45, 7) is 4.86. The summed E-state index contributed by atoms with van der Waals surface area (Å²) in [6, 6.07) is 16.9. The number of benzene rings is 2. The van der Waals surface area contributed by atoms with Crippen molar-refractivity contribution >= 4 is 16.8 Å². The highest BCUT2D eigenvalue weighted by Crippen LogP contribution is 2.37. The van der Waals surface area contributed by atoms with E-state index in [1.165, 1.54) is 17.7 Å². The number of hydrogen-bond donors (Lipinski definition) is 1. The minimum atomic E-state index is -0.195. The van der Waals surface area contributed by atoms with Crippen molar-refractivity contribution in [1.29, 1.82) is 0 Å². The molecule has 0 aliphatic carbocycles. The Morgan fingerprint density at radius 2 is 1.88 bits per heavy atom. The minimum Gasteiger partial charge on any atom is -0.385 e. The maximum absolute atomic E-state index is 15.0. The zero-order valence-corrected chi connectivity index (χ0v) is 23.4. The van der Waals surface area contributed by atoms with E-state index >= 15 is 0 Å². The highest BCUT2D eigenvalue weighted by atomic mass is 19.1. The monoisotopic (exact) mass is 543 g/mol. The molecule has 40 heavy (non-hydrogen) atoms. The van der Waals surface area contributed by atoms with Crippen molar-refractivity contribution in [2.45, 2.75) is 57.9 Å². The van der Waals surface area contributed by atoms with Crippen LogP contribution in [0.5, 0.6) is 0 Å². The van der Waals surface area contributed by atoms with E-state index in [1.807, 2.05) is 17.0 Å². The summed E-state index contributed by atoms with van der Waals surface area (Å²) in [6.07, 6.45) is 6.61. The molecule has 5 rings (SSSR count). The molecular formula is C33H38FN3O3. The number of para-hydroxylation sites is 1. The second-order valence-electron chi connectivity index (χ2n) is 10.8. The van der Waals surface area contributed by atoms with Crippen LogP contribution in [0, 0.1) is 12.7 Å². The molecule has 1 saturated heterocycles. The number of methoxy groups -OCH3 is 1. The Bertz CT molecular complexity index is 1500. The molecule has 1 fully saturated rings. The predicted molar refractivity (Wildman–Crippen MR) is 157 cm³/mol. The van der Waals surface area contributed by atoms with Crippen molar-refractivity contribution in [3.8, 4) is 11.1 Å². The first-order valence-corrected chi connectivity index (χ1v) is 14.3. The number of aromatic nitrogens is 2. The smallest absolute Gasteiger partial charge is 0.247 e. The number of pyridine rings is 1. The van der Waals surface area contributed by atoms with Gasteiger partial charge in [0.05, 0.1) is 5.52 Å². The number of rotatable bonds is 10. The van der Waals surface area contributed by atoms with Crippen LogP contribution < -0.4 is 5.56 Å². The molecule has 0 saturated carbocycles. The molecule has 1 atom stereocenters. The number of nitrogens with one attached hydrogen (secondary N) is 1. The first-order chi connectivity index (χ1) is 19.5. The molecule has 1 aliphatic heterocycles. The van der Waals surface area contributed by atoms with E-state index < -0.39 is 0 Å². The van der Waals surface area contributed by atoms with Gasteiger partial charge in [0.25, 0.3) is 0 Å². The van der Waals surface area contributed by atoms with Gasteiger partial charge in [-0.25, -0.2) is 4.39 Å². The van der Waals surface area contributed by atoms with E-state index in [1.54, 1.807) is 19.4 Å². The molecule has 1 amide bonds. The van der Waals surface area contributed by atoms with Crippen molar-refractivity contribution in [3.63, 3.8) is 0 Å². The van der Waals surface area contributed by atoms with Crippen molar-refractivity contribution in [1.82, 2.24) is 14.5 Å². The van der Waals surface area contributed by atoms with Crippen LogP contribution in [0.15, 0.2) is 65.6 Å². The van der Waals surface area contributed by atoms with Crippen LogP contribution in [-0.2, 0) is 22.5 Å². The molecule has 6 nitrogen and oxygen atoms in total. The molecular weight excluding hydrogens is 505 g/mol. The van der Waals surface area contributed by atoms with Crippen LogP contribution >= 0.6 is 0 Å². The van der Waals surface area contributed by atoms with Crippen molar-refractivity contribution < 1.29 is 13.9 Å². The zero-order chi connectivity index (χ0) is 28.1. The number of ether oxygens (including phenoxy) is 1. The number of carbonyl (C=O) groups excluding carboxylic acids is 1. The average Bonchev–Trinajstić information content (AvgIpc) is 3.26. The Morgan fingerprint density at radius 1 is 1.07 bits per heavy atom. The molecule has 1 N–H and O–H groups in total. The summed E-state index contributed by atoms with van der Waals surface area (Å²) in [5, 5.41) is 0.961. The Balaban J connectivity index is 1.23. The Hall–Kier alpha value is -3.71. The maximum atomic E-state index is 15.0. The lowest BCUT2D eigenvalue weighted by molar-refractivity contribution is -0.132. The largest absolute Gasteiger partial charge is 0.385 e. The SMILES string of the molecule is COCCCn1c(C2CCCN(C(=O)CCCc3ccc(-c4ccc(=O)[nH]c4)cc3)C2)c(C)c2cccc(F)c21. The molecule has 0 spiro atoms. The number of aromatic amines is 1. The van der Waals surface area contributed by atoms with Crippen LogP contribution in [0.1, 0.15) is 54.8 Å². The third-order valence-electron chi connectivity index (χ3n) is 8.15. The van der Waals surface area contributed by atoms with Gasteiger partial charge in [0.1, 0.15) is 5.82 Å². The standard InChI is InChI=1S/C33H38FN3O3/c1-23-28-9-4-10-29(34)33(28)37(19-6-20-40-2)32(23)27-8-5-18-36(22-27)31(39)11-3-7-24-12-14-25(15-13-24)26-16-17-30(38)35-21-26/h4,9-10,12-17,21,27H,3,5-8,11,18-20,22H2,1-2H3,(H,35,38). The summed E-state index contributed by atoms with van der Waals surface area (Å²) < 4.78 is 22.4. The van der Waals surface area contributed by atoms with Gasteiger partial charge in [0.2, 0.25) is 11.5 Å². The van der Waals surface area contributed by atoms with Crippen LogP contribution in [0.3, 0.4) is 0 Å². The molecule has 4 aromatic rings. The number of hydrogen-bond acceptors (Lipinski definition) is 3. The molecule has 0 bridgehead atoms. The van der Waals surface area contributed by atoms with Gasteiger partial charge in [-0.15, -0.1) is 0 Å². The lowest BCUT2D eigenvalue weighted by Gasteiger charge is -2.34. The summed E-state index contributed by atoms with van der Waals surface area (Å²) in [5.41, 5.74) is 6.05. The number of amides is 1. The van der Waals surface area contributed by atoms with Gasteiger partial charge in [-0.1, -0.05) is 36.4 Å². The normalized spacial score (nSPS) is 15.6. The van der Waals surface area contributed by atoms with Gasteiger partial charge >= 0.3 is 0 Å². The third kappa shape index (κ3) is 6.04. The van der Waals surface area contributed by atoms with Crippen molar-refractivity contribution in [2.24, 2.45) is 0 Å². The van der Waals surface area contributed by atoms with Gasteiger partial charge < -0.3 is 19.2 Å². The number of likely N-dealkylation sites (tertiary alicyclic amines) is 1.